The fraction of sp³-hybridized carbons (Fsp3) is 0.240. The number of esters is 2. The van der Waals surface area contributed by atoms with Crippen LogP contribution in [0.4, 0.5) is 5.69 Å². The summed E-state index contributed by atoms with van der Waals surface area (Å²) in [5.74, 6) is -2.66. The second kappa shape index (κ2) is 11.0. The number of carbonyl (C=O) groups is 3. The Labute approximate surface area is 195 Å². The molecule has 0 saturated carbocycles. The summed E-state index contributed by atoms with van der Waals surface area (Å²) in [7, 11) is 2.39. The maximum atomic E-state index is 12.9. The molecule has 0 fully saturated rings. The molecule has 0 spiro atoms. The number of hydrogen-bond acceptors (Lipinski definition) is 7. The largest absolute Gasteiger partial charge is 0.469 e. The molecule has 0 saturated heterocycles. The fourth-order valence-corrected chi connectivity index (χ4v) is 3.74. The lowest BCUT2D eigenvalue weighted by atomic mass is 9.88. The number of benzene rings is 3. The number of fused-ring (bicyclic) bond motifs is 1. The summed E-state index contributed by atoms with van der Waals surface area (Å²) < 4.78 is 9.64. The van der Waals surface area contributed by atoms with E-state index >= 15 is 0 Å². The van der Waals surface area contributed by atoms with Crippen molar-refractivity contribution >= 4 is 34.3 Å². The molecule has 3 rings (SSSR count). The Balaban J connectivity index is 1.87. The summed E-state index contributed by atoms with van der Waals surface area (Å²) in [5.41, 5.74) is 1.05. The predicted molar refractivity (Wildman–Crippen MR) is 124 cm³/mol. The van der Waals surface area contributed by atoms with Crippen LogP contribution in [0, 0.1) is 10.1 Å². The molecule has 1 amide bonds. The van der Waals surface area contributed by atoms with Gasteiger partial charge in [-0.25, -0.2) is 4.79 Å². The Bertz CT molecular complexity index is 1210. The fourth-order valence-electron chi connectivity index (χ4n) is 3.74. The minimum absolute atomic E-state index is 0.00351. The third kappa shape index (κ3) is 5.94. The molecule has 0 radical (unpaired) electrons. The topological polar surface area (TPSA) is 125 Å². The van der Waals surface area contributed by atoms with E-state index in [0.717, 1.165) is 16.3 Å². The van der Waals surface area contributed by atoms with Crippen molar-refractivity contribution in [2.45, 2.75) is 24.8 Å². The van der Waals surface area contributed by atoms with Gasteiger partial charge in [-0.3, -0.25) is 19.7 Å². The lowest BCUT2D eigenvalue weighted by Crippen LogP contribution is -2.46. The van der Waals surface area contributed by atoms with Crippen molar-refractivity contribution in [1.82, 2.24) is 5.32 Å². The monoisotopic (exact) mass is 464 g/mol. The molecule has 0 unspecified atom stereocenters. The van der Waals surface area contributed by atoms with Crippen LogP contribution < -0.4 is 5.32 Å². The summed E-state index contributed by atoms with van der Waals surface area (Å²) in [6.45, 7) is 0. The van der Waals surface area contributed by atoms with E-state index in [4.69, 9.17) is 9.47 Å². The molecule has 34 heavy (non-hydrogen) atoms. The number of ether oxygens (including phenoxy) is 2. The molecule has 0 heterocycles. The highest BCUT2D eigenvalue weighted by Crippen LogP contribution is 2.27. The Hall–Kier alpha value is -4.27. The molecular weight excluding hydrogens is 440 g/mol. The first-order valence-corrected chi connectivity index (χ1v) is 10.5. The van der Waals surface area contributed by atoms with Crippen molar-refractivity contribution in [2.75, 3.05) is 14.2 Å². The van der Waals surface area contributed by atoms with Gasteiger partial charge >= 0.3 is 11.9 Å². The van der Waals surface area contributed by atoms with Gasteiger partial charge in [-0.1, -0.05) is 54.6 Å². The minimum atomic E-state index is -1.21. The lowest BCUT2D eigenvalue weighted by Gasteiger charge is -2.26. The summed E-state index contributed by atoms with van der Waals surface area (Å²) in [6, 6.07) is 17.6. The number of nitrogens with one attached hydrogen (secondary N) is 1. The number of non-ortho nitro benzene ring substituents is 1. The van der Waals surface area contributed by atoms with Crippen LogP contribution in [0.3, 0.4) is 0 Å². The molecule has 3 aromatic rings. The molecule has 3 aromatic carbocycles. The first-order valence-electron chi connectivity index (χ1n) is 10.5. The van der Waals surface area contributed by atoms with Crippen LogP contribution in [0.15, 0.2) is 66.7 Å². The van der Waals surface area contributed by atoms with Crippen LogP contribution in [0.1, 0.15) is 23.5 Å². The summed E-state index contributed by atoms with van der Waals surface area (Å²) in [5, 5.41) is 15.7. The molecule has 2 atom stereocenters. The van der Waals surface area contributed by atoms with Gasteiger partial charge in [-0.2, -0.15) is 0 Å². The zero-order valence-electron chi connectivity index (χ0n) is 18.7. The average Bonchev–Trinajstić information content (AvgIpc) is 2.85. The van der Waals surface area contributed by atoms with Crippen molar-refractivity contribution in [3.63, 3.8) is 0 Å². The Morgan fingerprint density at radius 1 is 0.941 bits per heavy atom. The van der Waals surface area contributed by atoms with Gasteiger partial charge in [-0.15, -0.1) is 0 Å². The Morgan fingerprint density at radius 2 is 1.62 bits per heavy atom. The number of nitro benzene ring substituents is 1. The van der Waals surface area contributed by atoms with Crippen molar-refractivity contribution < 1.29 is 28.8 Å². The van der Waals surface area contributed by atoms with E-state index in [1.165, 1.54) is 38.5 Å². The molecular formula is C25H24N2O7. The quantitative estimate of drug-likeness (QED) is 0.293. The van der Waals surface area contributed by atoms with Crippen molar-refractivity contribution in [3.8, 4) is 0 Å². The van der Waals surface area contributed by atoms with Crippen molar-refractivity contribution in [1.29, 1.82) is 0 Å². The van der Waals surface area contributed by atoms with Crippen LogP contribution in [0.5, 0.6) is 0 Å². The molecule has 176 valence electrons. The summed E-state index contributed by atoms with van der Waals surface area (Å²) in [6.07, 6.45) is -0.242. The normalized spacial score (nSPS) is 12.4. The smallest absolute Gasteiger partial charge is 0.329 e. The Morgan fingerprint density at radius 3 is 2.24 bits per heavy atom. The van der Waals surface area contributed by atoms with Crippen LogP contribution in [-0.2, 0) is 30.3 Å². The van der Waals surface area contributed by atoms with E-state index in [-0.39, 0.29) is 18.5 Å². The number of hydrogen-bond donors (Lipinski definition) is 1. The molecule has 9 nitrogen and oxygen atoms in total. The van der Waals surface area contributed by atoms with E-state index in [2.05, 4.69) is 5.32 Å². The standard InChI is InChI=1S/C25H24N2O7/c1-33-23(29)15-21(18-9-11-20(12-10-18)27(31)32)24(25(30)34-2)26-22(28)14-16-7-8-17-5-3-4-6-19(17)13-16/h3-13,21,24H,14-15H2,1-2H3,(H,26,28)/t21-,24+/m1/s1. The second-order valence-corrected chi connectivity index (χ2v) is 7.66. The van der Waals surface area contributed by atoms with Gasteiger partial charge in [0.15, 0.2) is 0 Å². The van der Waals surface area contributed by atoms with E-state index in [9.17, 15) is 24.5 Å². The molecule has 1 N–H and O–H groups in total. The number of methoxy groups -OCH3 is 2. The first-order chi connectivity index (χ1) is 16.3. The predicted octanol–water partition coefficient (Wildman–Crippen LogP) is 3.30. The summed E-state index contributed by atoms with van der Waals surface area (Å²) >= 11 is 0. The maximum absolute atomic E-state index is 12.9. The minimum Gasteiger partial charge on any atom is -0.469 e. The number of rotatable bonds is 9. The average molecular weight is 464 g/mol. The van der Waals surface area contributed by atoms with Crippen LogP contribution in [0.2, 0.25) is 0 Å². The molecule has 0 aliphatic heterocycles. The van der Waals surface area contributed by atoms with Crippen LogP contribution in [0.25, 0.3) is 10.8 Å². The highest BCUT2D eigenvalue weighted by Gasteiger charge is 2.34. The van der Waals surface area contributed by atoms with Gasteiger partial charge in [0.05, 0.1) is 32.0 Å². The van der Waals surface area contributed by atoms with Gasteiger partial charge in [0.25, 0.3) is 5.69 Å². The van der Waals surface area contributed by atoms with Gasteiger partial charge < -0.3 is 14.8 Å². The highest BCUT2D eigenvalue weighted by molar-refractivity contribution is 5.89. The number of nitro groups is 1. The molecule has 0 aliphatic carbocycles. The molecule has 0 aliphatic rings. The third-order valence-corrected chi connectivity index (χ3v) is 5.50. The van der Waals surface area contributed by atoms with E-state index in [0.29, 0.717) is 5.56 Å². The summed E-state index contributed by atoms with van der Waals surface area (Å²) in [4.78, 5) is 48.1. The van der Waals surface area contributed by atoms with Crippen LogP contribution in [-0.4, -0.2) is 43.0 Å². The van der Waals surface area contributed by atoms with Crippen molar-refractivity contribution in [3.05, 3.63) is 88.0 Å². The van der Waals surface area contributed by atoms with Gasteiger partial charge in [0.2, 0.25) is 5.91 Å². The zero-order chi connectivity index (χ0) is 24.7. The number of carbonyl (C=O) groups excluding carboxylic acids is 3. The number of amides is 1. The van der Waals surface area contributed by atoms with E-state index in [1.807, 2.05) is 42.5 Å². The van der Waals surface area contributed by atoms with Crippen molar-refractivity contribution in [2.24, 2.45) is 0 Å². The second-order valence-electron chi connectivity index (χ2n) is 7.66. The Kier molecular flexibility index (Phi) is 7.92. The van der Waals surface area contributed by atoms with Gasteiger partial charge in [0.1, 0.15) is 6.04 Å². The molecule has 0 aromatic heterocycles. The SMILES string of the molecule is COC(=O)C[C@H](c1ccc([N+](=O)[O-])cc1)[C@H](NC(=O)Cc1ccc2ccccc2c1)C(=O)OC. The third-order valence-electron chi connectivity index (χ3n) is 5.50. The zero-order valence-corrected chi connectivity index (χ0v) is 18.7. The first kappa shape index (κ1) is 24.4. The lowest BCUT2D eigenvalue weighted by molar-refractivity contribution is -0.384. The number of nitrogens with zero attached hydrogens (tertiary/aromatic N) is 1. The molecule has 9 heteroatoms. The van der Waals surface area contributed by atoms with E-state index < -0.39 is 34.7 Å². The highest BCUT2D eigenvalue weighted by atomic mass is 16.6. The maximum Gasteiger partial charge on any atom is 0.329 e. The van der Waals surface area contributed by atoms with Gasteiger partial charge in [0, 0.05) is 18.1 Å². The molecule has 0 bridgehead atoms. The van der Waals surface area contributed by atoms with Gasteiger partial charge in [-0.05, 0) is 21.9 Å². The van der Waals surface area contributed by atoms with E-state index in [1.54, 1.807) is 0 Å². The van der Waals surface area contributed by atoms with Crippen LogP contribution >= 0.6 is 0 Å².